The highest BCUT2D eigenvalue weighted by molar-refractivity contribution is 7.18. The maximum absolute atomic E-state index is 4.62. The highest BCUT2D eigenvalue weighted by Crippen LogP contribution is 2.29. The summed E-state index contributed by atoms with van der Waals surface area (Å²) in [6, 6.07) is 4.16. The lowest BCUT2D eigenvalue weighted by Crippen LogP contribution is -2.07. The van der Waals surface area contributed by atoms with E-state index in [1.807, 2.05) is 38.1 Å². The van der Waals surface area contributed by atoms with Crippen molar-refractivity contribution in [3.8, 4) is 10.7 Å². The Balaban J connectivity index is 1.65. The van der Waals surface area contributed by atoms with Crippen molar-refractivity contribution in [2.45, 2.75) is 26.8 Å². The molecule has 0 bridgehead atoms. The second kappa shape index (κ2) is 7.16. The average Bonchev–Trinajstić information content (AvgIpc) is 3.26. The highest BCUT2D eigenvalue weighted by atomic mass is 32.1. The SMILES string of the molecule is Cc1nc2cnc(Nc3ccnc(-c4cnc(N(C)C)s4)n3)cc2n1C(C)C. The number of imidazole rings is 1. The Hall–Kier alpha value is -3.07. The Morgan fingerprint density at radius 3 is 2.61 bits per heavy atom. The Morgan fingerprint density at radius 1 is 1.07 bits per heavy atom. The highest BCUT2D eigenvalue weighted by Gasteiger charge is 2.13. The van der Waals surface area contributed by atoms with Crippen molar-refractivity contribution >= 4 is 39.1 Å². The second-order valence-corrected chi connectivity index (χ2v) is 7.98. The van der Waals surface area contributed by atoms with Gasteiger partial charge in [0.25, 0.3) is 0 Å². The molecule has 0 saturated heterocycles. The van der Waals surface area contributed by atoms with Crippen molar-refractivity contribution in [2.24, 2.45) is 0 Å². The molecule has 0 aliphatic carbocycles. The Morgan fingerprint density at radius 2 is 1.89 bits per heavy atom. The predicted octanol–water partition coefficient (Wildman–Crippen LogP) is 4.04. The normalized spacial score (nSPS) is 11.4. The Kier molecular flexibility index (Phi) is 4.68. The summed E-state index contributed by atoms with van der Waals surface area (Å²) in [5, 5.41) is 4.20. The third kappa shape index (κ3) is 3.40. The molecule has 1 N–H and O–H groups in total. The summed E-state index contributed by atoms with van der Waals surface area (Å²) in [6.45, 7) is 6.31. The molecule has 0 aromatic carbocycles. The molecule has 4 rings (SSSR count). The van der Waals surface area contributed by atoms with Gasteiger partial charge >= 0.3 is 0 Å². The molecule has 0 unspecified atom stereocenters. The number of aromatic nitrogens is 6. The summed E-state index contributed by atoms with van der Waals surface area (Å²) in [4.78, 5) is 25.4. The van der Waals surface area contributed by atoms with Crippen LogP contribution in [0.5, 0.6) is 0 Å². The Labute approximate surface area is 167 Å². The van der Waals surface area contributed by atoms with Gasteiger partial charge in [0.1, 0.15) is 23.0 Å². The van der Waals surface area contributed by atoms with Crippen molar-refractivity contribution in [3.05, 3.63) is 36.5 Å². The lowest BCUT2D eigenvalue weighted by atomic mass is 10.3. The van der Waals surface area contributed by atoms with Gasteiger partial charge in [-0.1, -0.05) is 11.3 Å². The summed E-state index contributed by atoms with van der Waals surface area (Å²) in [5.74, 6) is 3.02. The molecule has 0 atom stereocenters. The fourth-order valence-electron chi connectivity index (χ4n) is 3.09. The smallest absolute Gasteiger partial charge is 0.185 e. The number of nitrogens with zero attached hydrogens (tertiary/aromatic N) is 7. The quantitative estimate of drug-likeness (QED) is 0.547. The number of hydrogen-bond donors (Lipinski definition) is 1. The number of rotatable bonds is 5. The van der Waals surface area contributed by atoms with Gasteiger partial charge in [-0.15, -0.1) is 0 Å². The molecule has 9 heteroatoms. The van der Waals surface area contributed by atoms with Crippen molar-refractivity contribution in [1.29, 1.82) is 0 Å². The van der Waals surface area contributed by atoms with Gasteiger partial charge in [0.05, 0.1) is 22.8 Å². The standard InChI is InChI=1S/C19H22N8S/c1-11(2)27-12(3)23-13-9-21-17(8-14(13)27)24-16-6-7-20-18(25-16)15-10-22-19(28-15)26(4)5/h6-11H,1-5H3,(H,20,21,24,25). The number of pyridine rings is 1. The average molecular weight is 395 g/mol. The molecule has 8 nitrogen and oxygen atoms in total. The van der Waals surface area contributed by atoms with Crippen LogP contribution in [0.2, 0.25) is 0 Å². The molecule has 0 saturated carbocycles. The van der Waals surface area contributed by atoms with E-state index in [0.717, 1.165) is 32.7 Å². The fourth-order valence-corrected chi connectivity index (χ4v) is 3.87. The van der Waals surface area contributed by atoms with Crippen molar-refractivity contribution < 1.29 is 0 Å². The molecule has 4 aromatic heterocycles. The monoisotopic (exact) mass is 394 g/mol. The van der Waals surface area contributed by atoms with Gasteiger partial charge in [0.2, 0.25) is 0 Å². The minimum atomic E-state index is 0.322. The van der Waals surface area contributed by atoms with E-state index in [0.29, 0.717) is 17.7 Å². The van der Waals surface area contributed by atoms with Gasteiger partial charge < -0.3 is 14.8 Å². The van der Waals surface area contributed by atoms with Crippen molar-refractivity contribution in [1.82, 2.24) is 29.5 Å². The summed E-state index contributed by atoms with van der Waals surface area (Å²) in [7, 11) is 3.93. The van der Waals surface area contributed by atoms with E-state index in [-0.39, 0.29) is 0 Å². The number of anilines is 3. The van der Waals surface area contributed by atoms with E-state index in [2.05, 4.69) is 48.7 Å². The van der Waals surface area contributed by atoms with E-state index in [1.54, 1.807) is 29.9 Å². The summed E-state index contributed by atoms with van der Waals surface area (Å²) >= 11 is 1.55. The molecule has 0 aliphatic rings. The minimum Gasteiger partial charge on any atom is -0.354 e. The molecule has 4 aromatic rings. The summed E-state index contributed by atoms with van der Waals surface area (Å²) < 4.78 is 2.20. The molecular weight excluding hydrogens is 372 g/mol. The van der Waals surface area contributed by atoms with Crippen LogP contribution in [-0.4, -0.2) is 43.6 Å². The number of nitrogens with one attached hydrogen (secondary N) is 1. The first-order valence-corrected chi connectivity index (χ1v) is 9.82. The molecule has 0 fully saturated rings. The first kappa shape index (κ1) is 18.3. The second-order valence-electron chi connectivity index (χ2n) is 6.97. The van der Waals surface area contributed by atoms with Gasteiger partial charge in [0, 0.05) is 32.4 Å². The molecule has 144 valence electrons. The zero-order chi connectivity index (χ0) is 19.8. The van der Waals surface area contributed by atoms with Crippen LogP contribution in [-0.2, 0) is 0 Å². The lowest BCUT2D eigenvalue weighted by Gasteiger charge is -2.11. The lowest BCUT2D eigenvalue weighted by molar-refractivity contribution is 0.600. The van der Waals surface area contributed by atoms with Gasteiger partial charge in [-0.3, -0.25) is 0 Å². The predicted molar refractivity (Wildman–Crippen MR) is 113 cm³/mol. The van der Waals surface area contributed by atoms with Gasteiger partial charge in [0.15, 0.2) is 11.0 Å². The third-order valence-electron chi connectivity index (χ3n) is 4.28. The topological polar surface area (TPSA) is 84.7 Å². The number of fused-ring (bicyclic) bond motifs is 1. The van der Waals surface area contributed by atoms with E-state index < -0.39 is 0 Å². The Bertz CT molecular complexity index is 1130. The zero-order valence-corrected chi connectivity index (χ0v) is 17.3. The zero-order valence-electron chi connectivity index (χ0n) is 16.5. The molecule has 28 heavy (non-hydrogen) atoms. The summed E-state index contributed by atoms with van der Waals surface area (Å²) in [6.07, 6.45) is 5.33. The third-order valence-corrected chi connectivity index (χ3v) is 5.44. The van der Waals surface area contributed by atoms with Crippen LogP contribution in [0, 0.1) is 6.92 Å². The maximum Gasteiger partial charge on any atom is 0.185 e. The van der Waals surface area contributed by atoms with Crippen LogP contribution in [0.25, 0.3) is 21.7 Å². The van der Waals surface area contributed by atoms with Crippen LogP contribution in [0.4, 0.5) is 16.8 Å². The molecular formula is C19H22N8S. The first-order valence-electron chi connectivity index (χ1n) is 9.00. The van der Waals surface area contributed by atoms with Crippen LogP contribution in [0.15, 0.2) is 30.7 Å². The van der Waals surface area contributed by atoms with Crippen LogP contribution in [0.1, 0.15) is 25.7 Å². The van der Waals surface area contributed by atoms with Crippen LogP contribution >= 0.6 is 11.3 Å². The van der Waals surface area contributed by atoms with Gasteiger partial charge in [-0.05, 0) is 26.8 Å². The number of aryl methyl sites for hydroxylation is 1. The molecule has 0 aliphatic heterocycles. The van der Waals surface area contributed by atoms with Crippen molar-refractivity contribution in [2.75, 3.05) is 24.3 Å². The van der Waals surface area contributed by atoms with E-state index in [4.69, 9.17) is 0 Å². The molecule has 0 radical (unpaired) electrons. The van der Waals surface area contributed by atoms with Crippen molar-refractivity contribution in [3.63, 3.8) is 0 Å². The number of hydrogen-bond acceptors (Lipinski definition) is 8. The number of thiazole rings is 1. The maximum atomic E-state index is 4.62. The van der Waals surface area contributed by atoms with E-state index in [1.165, 1.54) is 0 Å². The van der Waals surface area contributed by atoms with Crippen LogP contribution in [0.3, 0.4) is 0 Å². The fraction of sp³-hybridized carbons (Fsp3) is 0.316. The van der Waals surface area contributed by atoms with E-state index in [9.17, 15) is 0 Å². The molecule has 0 spiro atoms. The molecule has 0 amide bonds. The first-order chi connectivity index (χ1) is 13.4. The van der Waals surface area contributed by atoms with Crippen LogP contribution < -0.4 is 10.2 Å². The van der Waals surface area contributed by atoms with Gasteiger partial charge in [-0.25, -0.2) is 24.9 Å². The largest absolute Gasteiger partial charge is 0.354 e. The minimum absolute atomic E-state index is 0.322. The van der Waals surface area contributed by atoms with E-state index >= 15 is 0 Å². The summed E-state index contributed by atoms with van der Waals surface area (Å²) in [5.41, 5.74) is 1.94. The van der Waals surface area contributed by atoms with Gasteiger partial charge in [-0.2, -0.15) is 0 Å². The molecule has 4 heterocycles.